The predicted molar refractivity (Wildman–Crippen MR) is 83.0 cm³/mol. The number of ether oxygens (including phenoxy) is 1. The van der Waals surface area contributed by atoms with Crippen LogP contribution < -0.4 is 10.6 Å². The molecule has 0 radical (unpaired) electrons. The zero-order valence-corrected chi connectivity index (χ0v) is 12.7. The molecule has 1 aromatic carbocycles. The number of nitrogens with zero attached hydrogens (tertiary/aromatic N) is 1. The molecule has 1 aliphatic rings. The summed E-state index contributed by atoms with van der Waals surface area (Å²) in [5.74, 6) is -1.21. The number of nitrogens with one attached hydrogen (secondary N) is 2. The fraction of sp³-hybridized carbons (Fsp3) is 0.200. The third-order valence-electron chi connectivity index (χ3n) is 3.35. The molecule has 3 N–H and O–H groups in total. The van der Waals surface area contributed by atoms with Gasteiger partial charge in [-0.2, -0.15) is 0 Å². The van der Waals surface area contributed by atoms with Crippen molar-refractivity contribution >= 4 is 17.7 Å². The van der Waals surface area contributed by atoms with Crippen molar-refractivity contribution in [2.24, 2.45) is 0 Å². The van der Waals surface area contributed by atoms with Gasteiger partial charge in [-0.25, -0.2) is 9.59 Å². The van der Waals surface area contributed by atoms with E-state index in [1.165, 1.54) is 19.1 Å². The zero-order valence-electron chi connectivity index (χ0n) is 12.7. The number of allylic oxidation sites excluding steroid dienone is 1. The minimum Gasteiger partial charge on any atom is -0.502 e. The molecule has 1 aliphatic heterocycles. The lowest BCUT2D eigenvalue weighted by Gasteiger charge is -2.28. The van der Waals surface area contributed by atoms with E-state index in [0.717, 1.165) is 12.1 Å². The van der Waals surface area contributed by atoms with Crippen LogP contribution in [0.4, 0.5) is 10.5 Å². The van der Waals surface area contributed by atoms with Crippen LogP contribution in [0.1, 0.15) is 18.5 Å². The van der Waals surface area contributed by atoms with Gasteiger partial charge in [0.15, 0.2) is 5.75 Å². The Bertz CT molecular complexity index is 756. The van der Waals surface area contributed by atoms with E-state index in [1.54, 1.807) is 0 Å². The number of nitro groups is 1. The number of rotatable bonds is 5. The monoisotopic (exact) mass is 333 g/mol. The number of aromatic hydroxyl groups is 1. The summed E-state index contributed by atoms with van der Waals surface area (Å²) < 4.78 is 5.00. The SMILES string of the molecule is C=CCOC(=O)C1=C(C)NC(=O)NC1c1ccc(O)c([N+](=O)[O-])c1. The zero-order chi connectivity index (χ0) is 17.9. The van der Waals surface area contributed by atoms with Crippen molar-refractivity contribution in [3.8, 4) is 5.75 Å². The van der Waals surface area contributed by atoms with Gasteiger partial charge in [-0.1, -0.05) is 18.7 Å². The second-order valence-electron chi connectivity index (χ2n) is 4.96. The fourth-order valence-electron chi connectivity index (χ4n) is 2.29. The number of carbonyl (C=O) groups is 2. The third-order valence-corrected chi connectivity index (χ3v) is 3.35. The number of benzene rings is 1. The number of esters is 1. The van der Waals surface area contributed by atoms with E-state index >= 15 is 0 Å². The van der Waals surface area contributed by atoms with Crippen LogP contribution >= 0.6 is 0 Å². The number of nitro benzene ring substituents is 1. The van der Waals surface area contributed by atoms with Gasteiger partial charge in [0.1, 0.15) is 6.61 Å². The lowest BCUT2D eigenvalue weighted by molar-refractivity contribution is -0.385. The largest absolute Gasteiger partial charge is 0.502 e. The molecule has 0 spiro atoms. The van der Waals surface area contributed by atoms with E-state index in [2.05, 4.69) is 17.2 Å². The molecule has 0 aliphatic carbocycles. The third kappa shape index (κ3) is 3.35. The van der Waals surface area contributed by atoms with E-state index in [9.17, 15) is 24.8 Å². The van der Waals surface area contributed by atoms with Gasteiger partial charge in [0.25, 0.3) is 0 Å². The molecule has 0 saturated carbocycles. The maximum Gasteiger partial charge on any atom is 0.338 e. The molecule has 0 saturated heterocycles. The first-order valence-corrected chi connectivity index (χ1v) is 6.88. The van der Waals surface area contributed by atoms with Crippen molar-refractivity contribution in [3.63, 3.8) is 0 Å². The summed E-state index contributed by atoms with van der Waals surface area (Å²) in [5, 5.41) is 25.5. The van der Waals surface area contributed by atoms with Crippen molar-refractivity contribution in [1.29, 1.82) is 0 Å². The second-order valence-corrected chi connectivity index (χ2v) is 4.96. The van der Waals surface area contributed by atoms with Gasteiger partial charge in [-0.3, -0.25) is 10.1 Å². The molecule has 0 fully saturated rings. The van der Waals surface area contributed by atoms with Crippen LogP contribution in [0, 0.1) is 10.1 Å². The summed E-state index contributed by atoms with van der Waals surface area (Å²) in [7, 11) is 0. The smallest absolute Gasteiger partial charge is 0.338 e. The Labute approximate surface area is 136 Å². The molecule has 2 amide bonds. The molecule has 0 bridgehead atoms. The first-order valence-electron chi connectivity index (χ1n) is 6.88. The Kier molecular flexibility index (Phi) is 4.83. The van der Waals surface area contributed by atoms with E-state index in [0.29, 0.717) is 0 Å². The van der Waals surface area contributed by atoms with Crippen LogP contribution in [0.15, 0.2) is 42.1 Å². The molecular formula is C15H15N3O6. The fourth-order valence-corrected chi connectivity index (χ4v) is 2.29. The van der Waals surface area contributed by atoms with E-state index in [1.807, 2.05) is 0 Å². The molecular weight excluding hydrogens is 318 g/mol. The molecule has 0 aromatic heterocycles. The number of phenols is 1. The first kappa shape index (κ1) is 17.0. The quantitative estimate of drug-likeness (QED) is 0.325. The normalized spacial score (nSPS) is 16.9. The Morgan fingerprint density at radius 1 is 1.54 bits per heavy atom. The highest BCUT2D eigenvalue weighted by molar-refractivity contribution is 5.95. The van der Waals surface area contributed by atoms with Gasteiger partial charge in [0.2, 0.25) is 0 Å². The lowest BCUT2D eigenvalue weighted by Crippen LogP contribution is -2.45. The molecule has 1 heterocycles. The van der Waals surface area contributed by atoms with Gasteiger partial charge < -0.3 is 20.5 Å². The van der Waals surface area contributed by atoms with E-state index in [4.69, 9.17) is 4.74 Å². The van der Waals surface area contributed by atoms with Gasteiger partial charge >= 0.3 is 17.7 Å². The van der Waals surface area contributed by atoms with Crippen molar-refractivity contribution in [2.45, 2.75) is 13.0 Å². The summed E-state index contributed by atoms with van der Waals surface area (Å²) in [6.45, 7) is 4.94. The minimum atomic E-state index is -0.949. The van der Waals surface area contributed by atoms with Crippen LogP contribution in [-0.4, -0.2) is 28.6 Å². The average Bonchev–Trinajstić information content (AvgIpc) is 2.52. The Morgan fingerprint density at radius 2 is 2.25 bits per heavy atom. The van der Waals surface area contributed by atoms with Gasteiger partial charge in [0, 0.05) is 11.8 Å². The number of hydrogen-bond acceptors (Lipinski definition) is 6. The standard InChI is InChI=1S/C15H15N3O6/c1-3-6-24-14(20)12-8(2)16-15(21)17-13(12)9-4-5-11(19)10(7-9)18(22)23/h3-5,7,13,19H,1,6H2,2H3,(H2,16,17,21). The molecule has 2 rings (SSSR count). The maximum absolute atomic E-state index is 12.2. The van der Waals surface area contributed by atoms with E-state index < -0.39 is 34.4 Å². The second kappa shape index (κ2) is 6.82. The molecule has 1 aromatic rings. The first-order chi connectivity index (χ1) is 11.3. The van der Waals surface area contributed by atoms with Crippen LogP contribution in [0.3, 0.4) is 0 Å². The molecule has 1 atom stereocenters. The van der Waals surface area contributed by atoms with E-state index in [-0.39, 0.29) is 23.4 Å². The van der Waals surface area contributed by atoms with Crippen LogP contribution in [0.5, 0.6) is 5.75 Å². The molecule has 9 nitrogen and oxygen atoms in total. The van der Waals surface area contributed by atoms with Crippen LogP contribution in [-0.2, 0) is 9.53 Å². The molecule has 1 unspecified atom stereocenters. The Hall–Kier alpha value is -3.36. The summed E-state index contributed by atoms with van der Waals surface area (Å²) in [6, 6.07) is 2.10. The summed E-state index contributed by atoms with van der Waals surface area (Å²) >= 11 is 0. The van der Waals surface area contributed by atoms with Crippen molar-refractivity contribution in [1.82, 2.24) is 10.6 Å². The maximum atomic E-state index is 12.2. The summed E-state index contributed by atoms with van der Waals surface area (Å²) in [5.41, 5.74) is 0.112. The highest BCUT2D eigenvalue weighted by Crippen LogP contribution is 2.33. The van der Waals surface area contributed by atoms with Gasteiger partial charge in [-0.15, -0.1) is 0 Å². The number of amides is 2. The average molecular weight is 333 g/mol. The van der Waals surface area contributed by atoms with Gasteiger partial charge in [0.05, 0.1) is 16.5 Å². The number of phenolic OH excluding ortho intramolecular Hbond substituents is 1. The lowest BCUT2D eigenvalue weighted by atomic mass is 9.95. The highest BCUT2D eigenvalue weighted by Gasteiger charge is 2.33. The van der Waals surface area contributed by atoms with Gasteiger partial charge in [-0.05, 0) is 18.6 Å². The minimum absolute atomic E-state index is 0.0218. The number of hydrogen-bond donors (Lipinski definition) is 3. The van der Waals surface area contributed by atoms with Crippen LogP contribution in [0.2, 0.25) is 0 Å². The molecule has 126 valence electrons. The topological polar surface area (TPSA) is 131 Å². The summed E-state index contributed by atoms with van der Waals surface area (Å²) in [4.78, 5) is 34.2. The number of urea groups is 1. The Morgan fingerprint density at radius 3 is 2.88 bits per heavy atom. The van der Waals surface area contributed by atoms with Crippen LogP contribution in [0.25, 0.3) is 0 Å². The predicted octanol–water partition coefficient (Wildman–Crippen LogP) is 1.66. The van der Waals surface area contributed by atoms with Crippen molar-refractivity contribution in [2.75, 3.05) is 6.61 Å². The number of carbonyl (C=O) groups excluding carboxylic acids is 2. The molecule has 24 heavy (non-hydrogen) atoms. The molecule has 9 heteroatoms. The van der Waals surface area contributed by atoms with Crippen molar-refractivity contribution in [3.05, 3.63) is 57.8 Å². The van der Waals surface area contributed by atoms with Crippen molar-refractivity contribution < 1.29 is 24.4 Å². The highest BCUT2D eigenvalue weighted by atomic mass is 16.6. The Balaban J connectivity index is 2.49. The summed E-state index contributed by atoms with van der Waals surface area (Å²) in [6.07, 6.45) is 1.39.